The van der Waals surface area contributed by atoms with Gasteiger partial charge in [-0.15, -0.1) is 0 Å². The fraction of sp³-hybridized carbons (Fsp3) is 0.625. The number of aryl methyl sites for hydroxylation is 1. The molecule has 0 fully saturated rings. The Hall–Kier alpha value is -0.470. The number of hydrogen-bond acceptors (Lipinski definition) is 2. The van der Waals surface area contributed by atoms with E-state index in [-0.39, 0.29) is 5.41 Å². The van der Waals surface area contributed by atoms with Crippen LogP contribution in [0.5, 0.6) is 0 Å². The molecule has 1 atom stereocenters. The normalized spacial score (nSPS) is 22.8. The maximum Gasteiger partial charge on any atom is 0.00786 e. The largest absolute Gasteiger partial charge is 0.330 e. The van der Waals surface area contributed by atoms with E-state index in [0.717, 1.165) is 6.54 Å². The Labute approximate surface area is 116 Å². The molecule has 1 aliphatic carbocycles. The average molecular weight is 263 g/mol. The molecule has 0 amide bonds. The topological polar surface area (TPSA) is 26.0 Å². The zero-order valence-electron chi connectivity index (χ0n) is 11.5. The second-order valence-corrected chi connectivity index (χ2v) is 6.69. The van der Waals surface area contributed by atoms with Gasteiger partial charge in [-0.2, -0.15) is 11.8 Å². The van der Waals surface area contributed by atoms with Gasteiger partial charge < -0.3 is 5.73 Å². The van der Waals surface area contributed by atoms with Gasteiger partial charge in [0.25, 0.3) is 0 Å². The van der Waals surface area contributed by atoms with Crippen LogP contribution in [0.3, 0.4) is 0 Å². The van der Waals surface area contributed by atoms with Crippen molar-refractivity contribution in [2.75, 3.05) is 18.1 Å². The summed E-state index contributed by atoms with van der Waals surface area (Å²) in [6.45, 7) is 3.04. The van der Waals surface area contributed by atoms with Crippen LogP contribution in [0.2, 0.25) is 0 Å². The van der Waals surface area contributed by atoms with Gasteiger partial charge in [0, 0.05) is 12.0 Å². The van der Waals surface area contributed by atoms with Crippen molar-refractivity contribution in [2.24, 2.45) is 5.73 Å². The highest BCUT2D eigenvalue weighted by Gasteiger charge is 2.34. The fourth-order valence-electron chi connectivity index (χ4n) is 3.24. The van der Waals surface area contributed by atoms with E-state index in [9.17, 15) is 0 Å². The molecule has 0 saturated carbocycles. The Morgan fingerprint density at radius 1 is 1.33 bits per heavy atom. The van der Waals surface area contributed by atoms with Crippen LogP contribution < -0.4 is 5.73 Å². The fourth-order valence-corrected chi connectivity index (χ4v) is 3.88. The first-order valence-electron chi connectivity index (χ1n) is 7.18. The van der Waals surface area contributed by atoms with E-state index in [2.05, 4.69) is 31.2 Å². The molecule has 1 nitrogen and oxygen atoms in total. The summed E-state index contributed by atoms with van der Waals surface area (Å²) in [6, 6.07) is 8.95. The first kappa shape index (κ1) is 14.0. The van der Waals surface area contributed by atoms with Crippen molar-refractivity contribution >= 4 is 11.8 Å². The highest BCUT2D eigenvalue weighted by Crippen LogP contribution is 2.40. The molecule has 100 valence electrons. The monoisotopic (exact) mass is 263 g/mol. The third kappa shape index (κ3) is 2.92. The van der Waals surface area contributed by atoms with Crippen molar-refractivity contribution in [3.05, 3.63) is 35.4 Å². The standard InChI is InChI=1S/C16H25NS/c1-2-18-12-6-11-16(13-17)10-5-8-14-7-3-4-9-15(14)16/h3-4,7,9H,2,5-6,8,10-13,17H2,1H3. The number of nitrogens with two attached hydrogens (primary N) is 1. The lowest BCUT2D eigenvalue weighted by Crippen LogP contribution is -2.38. The van der Waals surface area contributed by atoms with Gasteiger partial charge >= 0.3 is 0 Å². The molecule has 2 heteroatoms. The van der Waals surface area contributed by atoms with Crippen LogP contribution in [0.4, 0.5) is 0 Å². The molecule has 18 heavy (non-hydrogen) atoms. The molecule has 2 rings (SSSR count). The van der Waals surface area contributed by atoms with E-state index in [1.165, 1.54) is 49.2 Å². The zero-order valence-corrected chi connectivity index (χ0v) is 12.3. The smallest absolute Gasteiger partial charge is 0.00786 e. The van der Waals surface area contributed by atoms with Crippen LogP contribution in [-0.4, -0.2) is 18.1 Å². The van der Waals surface area contributed by atoms with Gasteiger partial charge in [-0.1, -0.05) is 31.2 Å². The van der Waals surface area contributed by atoms with Crippen molar-refractivity contribution in [2.45, 2.75) is 44.4 Å². The van der Waals surface area contributed by atoms with Crippen LogP contribution in [0, 0.1) is 0 Å². The van der Waals surface area contributed by atoms with E-state index >= 15 is 0 Å². The van der Waals surface area contributed by atoms with Crippen LogP contribution >= 0.6 is 11.8 Å². The third-order valence-corrected chi connectivity index (χ3v) is 5.21. The molecule has 1 aromatic rings. The summed E-state index contributed by atoms with van der Waals surface area (Å²) in [5.41, 5.74) is 9.51. The molecule has 0 bridgehead atoms. The SMILES string of the molecule is CCSCCCC1(CN)CCCc2ccccc21. The van der Waals surface area contributed by atoms with E-state index in [4.69, 9.17) is 5.73 Å². The highest BCUT2D eigenvalue weighted by atomic mass is 32.2. The van der Waals surface area contributed by atoms with Crippen LogP contribution in [0.1, 0.15) is 43.7 Å². The van der Waals surface area contributed by atoms with Gasteiger partial charge in [0.1, 0.15) is 0 Å². The van der Waals surface area contributed by atoms with Crippen LogP contribution in [0.15, 0.2) is 24.3 Å². The first-order valence-corrected chi connectivity index (χ1v) is 8.34. The quantitative estimate of drug-likeness (QED) is 0.791. The number of hydrogen-bond donors (Lipinski definition) is 1. The van der Waals surface area contributed by atoms with E-state index in [1.54, 1.807) is 5.56 Å². The lowest BCUT2D eigenvalue weighted by atomic mass is 9.67. The van der Waals surface area contributed by atoms with Gasteiger partial charge in [-0.05, 0) is 54.7 Å². The summed E-state index contributed by atoms with van der Waals surface area (Å²) in [5.74, 6) is 2.51. The lowest BCUT2D eigenvalue weighted by molar-refractivity contribution is 0.341. The maximum atomic E-state index is 6.16. The van der Waals surface area contributed by atoms with E-state index < -0.39 is 0 Å². The predicted octanol–water partition coefficient (Wildman–Crippen LogP) is 3.75. The Balaban J connectivity index is 2.12. The van der Waals surface area contributed by atoms with Gasteiger partial charge in [0.2, 0.25) is 0 Å². The van der Waals surface area contributed by atoms with Gasteiger partial charge in [-0.3, -0.25) is 0 Å². The average Bonchev–Trinajstić information content (AvgIpc) is 2.44. The lowest BCUT2D eigenvalue weighted by Gasteiger charge is -2.38. The summed E-state index contributed by atoms with van der Waals surface area (Å²) >= 11 is 2.05. The number of fused-ring (bicyclic) bond motifs is 1. The minimum absolute atomic E-state index is 0.267. The molecule has 1 aromatic carbocycles. The molecular weight excluding hydrogens is 238 g/mol. The molecular formula is C16H25NS. The Morgan fingerprint density at radius 2 is 2.17 bits per heavy atom. The number of thioether (sulfide) groups is 1. The summed E-state index contributed by atoms with van der Waals surface area (Å²) in [4.78, 5) is 0. The summed E-state index contributed by atoms with van der Waals surface area (Å²) in [6.07, 6.45) is 6.37. The molecule has 0 aromatic heterocycles. The van der Waals surface area contributed by atoms with Gasteiger partial charge in [0.15, 0.2) is 0 Å². The molecule has 0 heterocycles. The molecule has 1 aliphatic rings. The summed E-state index contributed by atoms with van der Waals surface area (Å²) < 4.78 is 0. The molecule has 0 saturated heterocycles. The minimum atomic E-state index is 0.267. The zero-order chi connectivity index (χ0) is 12.8. The Morgan fingerprint density at radius 3 is 2.94 bits per heavy atom. The number of benzene rings is 1. The predicted molar refractivity (Wildman–Crippen MR) is 82.3 cm³/mol. The van der Waals surface area contributed by atoms with Gasteiger partial charge in [0.05, 0.1) is 0 Å². The molecule has 0 spiro atoms. The molecule has 1 unspecified atom stereocenters. The van der Waals surface area contributed by atoms with E-state index in [0.29, 0.717) is 0 Å². The van der Waals surface area contributed by atoms with Crippen molar-refractivity contribution in [1.29, 1.82) is 0 Å². The van der Waals surface area contributed by atoms with Crippen molar-refractivity contribution in [3.63, 3.8) is 0 Å². The third-order valence-electron chi connectivity index (χ3n) is 4.23. The second-order valence-electron chi connectivity index (χ2n) is 5.30. The second kappa shape index (κ2) is 6.63. The van der Waals surface area contributed by atoms with Crippen molar-refractivity contribution in [3.8, 4) is 0 Å². The van der Waals surface area contributed by atoms with Crippen LogP contribution in [-0.2, 0) is 11.8 Å². The summed E-state index contributed by atoms with van der Waals surface area (Å²) in [5, 5.41) is 0. The molecule has 2 N–H and O–H groups in total. The molecule has 0 aliphatic heterocycles. The van der Waals surface area contributed by atoms with Crippen LogP contribution in [0.25, 0.3) is 0 Å². The summed E-state index contributed by atoms with van der Waals surface area (Å²) in [7, 11) is 0. The Kier molecular flexibility index (Phi) is 5.13. The van der Waals surface area contributed by atoms with Gasteiger partial charge in [-0.25, -0.2) is 0 Å². The van der Waals surface area contributed by atoms with Crippen molar-refractivity contribution < 1.29 is 0 Å². The number of rotatable bonds is 6. The Bertz CT molecular complexity index is 377. The first-order chi connectivity index (χ1) is 8.82. The molecule has 0 radical (unpaired) electrons. The highest BCUT2D eigenvalue weighted by molar-refractivity contribution is 7.99. The minimum Gasteiger partial charge on any atom is -0.330 e. The maximum absolute atomic E-state index is 6.16. The van der Waals surface area contributed by atoms with Crippen molar-refractivity contribution in [1.82, 2.24) is 0 Å². The van der Waals surface area contributed by atoms with E-state index in [1.807, 2.05) is 11.8 Å².